The van der Waals surface area contributed by atoms with E-state index in [4.69, 9.17) is 28.3 Å². The molecule has 0 amide bonds. The maximum Gasteiger partial charge on any atom is 0.352 e. The Hall–Kier alpha value is -1.52. The first-order valence-corrected chi connectivity index (χ1v) is 5.00. The second-order valence-electron chi connectivity index (χ2n) is 3.14. The summed E-state index contributed by atoms with van der Waals surface area (Å²) < 4.78 is 0. The van der Waals surface area contributed by atoms with Crippen LogP contribution in [-0.2, 0) is 0 Å². The molecule has 0 fully saturated rings. The number of aromatic amines is 1. The molecule has 6 heteroatoms. The summed E-state index contributed by atoms with van der Waals surface area (Å²) in [6.45, 7) is 0. The van der Waals surface area contributed by atoms with Crippen LogP contribution < -0.4 is 5.43 Å². The van der Waals surface area contributed by atoms with E-state index < -0.39 is 11.4 Å². The Morgan fingerprint density at radius 1 is 1.31 bits per heavy atom. The number of aromatic nitrogens is 1. The summed E-state index contributed by atoms with van der Waals surface area (Å²) in [4.78, 5) is 24.9. The van der Waals surface area contributed by atoms with E-state index in [9.17, 15) is 9.59 Å². The largest absolute Gasteiger partial charge is 0.477 e. The van der Waals surface area contributed by atoms with Gasteiger partial charge in [-0.05, 0) is 12.1 Å². The highest BCUT2D eigenvalue weighted by atomic mass is 35.5. The normalized spacial score (nSPS) is 10.6. The van der Waals surface area contributed by atoms with Crippen LogP contribution in [-0.4, -0.2) is 16.1 Å². The van der Waals surface area contributed by atoms with E-state index >= 15 is 0 Å². The van der Waals surface area contributed by atoms with Crippen molar-refractivity contribution in [2.24, 2.45) is 0 Å². The van der Waals surface area contributed by atoms with Gasteiger partial charge in [0, 0.05) is 11.5 Å². The lowest BCUT2D eigenvalue weighted by Gasteiger charge is -2.03. The maximum atomic E-state index is 11.6. The highest BCUT2D eigenvalue weighted by molar-refractivity contribution is 6.45. The summed E-state index contributed by atoms with van der Waals surface area (Å²) in [7, 11) is 0. The first-order chi connectivity index (χ1) is 7.50. The quantitative estimate of drug-likeness (QED) is 0.825. The van der Waals surface area contributed by atoms with Gasteiger partial charge in [0.2, 0.25) is 0 Å². The second-order valence-corrected chi connectivity index (χ2v) is 3.92. The van der Waals surface area contributed by atoms with Crippen LogP contribution in [0.2, 0.25) is 10.0 Å². The molecule has 0 radical (unpaired) electrons. The molecule has 1 heterocycles. The number of fused-ring (bicyclic) bond motifs is 1. The summed E-state index contributed by atoms with van der Waals surface area (Å²) in [5.74, 6) is -1.23. The van der Waals surface area contributed by atoms with E-state index in [0.29, 0.717) is 5.39 Å². The van der Waals surface area contributed by atoms with Gasteiger partial charge in [-0.2, -0.15) is 0 Å². The van der Waals surface area contributed by atoms with Crippen molar-refractivity contribution in [1.82, 2.24) is 4.98 Å². The number of H-pyrrole nitrogens is 1. The Bertz CT molecular complexity index is 648. The molecule has 0 atom stereocenters. The zero-order valence-electron chi connectivity index (χ0n) is 7.75. The summed E-state index contributed by atoms with van der Waals surface area (Å²) in [5, 5.41) is 9.48. The van der Waals surface area contributed by atoms with Crippen LogP contribution in [0, 0.1) is 0 Å². The third kappa shape index (κ3) is 1.66. The topological polar surface area (TPSA) is 70.2 Å². The highest BCUT2D eigenvalue weighted by Gasteiger charge is 2.11. The van der Waals surface area contributed by atoms with Gasteiger partial charge < -0.3 is 10.1 Å². The highest BCUT2D eigenvalue weighted by Crippen LogP contribution is 2.27. The smallest absolute Gasteiger partial charge is 0.352 e. The zero-order valence-corrected chi connectivity index (χ0v) is 9.26. The number of pyridine rings is 1. The van der Waals surface area contributed by atoms with Crippen LogP contribution >= 0.6 is 23.2 Å². The van der Waals surface area contributed by atoms with Crippen LogP contribution in [0.3, 0.4) is 0 Å². The Morgan fingerprint density at radius 3 is 2.62 bits per heavy atom. The van der Waals surface area contributed by atoms with Crippen molar-refractivity contribution in [1.29, 1.82) is 0 Å². The number of rotatable bonds is 1. The number of hydrogen-bond acceptors (Lipinski definition) is 2. The lowest BCUT2D eigenvalue weighted by Crippen LogP contribution is -2.09. The van der Waals surface area contributed by atoms with Crippen LogP contribution in [0.4, 0.5) is 0 Å². The third-order valence-corrected chi connectivity index (χ3v) is 2.93. The molecule has 0 saturated carbocycles. The van der Waals surface area contributed by atoms with Crippen LogP contribution in [0.5, 0.6) is 0 Å². The van der Waals surface area contributed by atoms with Crippen LogP contribution in [0.1, 0.15) is 10.5 Å². The van der Waals surface area contributed by atoms with Crippen molar-refractivity contribution in [3.63, 3.8) is 0 Å². The fourth-order valence-electron chi connectivity index (χ4n) is 1.37. The molecule has 0 saturated heterocycles. The van der Waals surface area contributed by atoms with Gasteiger partial charge in [-0.15, -0.1) is 0 Å². The second kappa shape index (κ2) is 3.81. The number of halogens is 2. The molecule has 16 heavy (non-hydrogen) atoms. The van der Waals surface area contributed by atoms with E-state index in [-0.39, 0.29) is 21.3 Å². The molecule has 2 rings (SSSR count). The molecule has 82 valence electrons. The van der Waals surface area contributed by atoms with Gasteiger partial charge in [-0.25, -0.2) is 4.79 Å². The minimum absolute atomic E-state index is 0.138. The molecule has 0 bridgehead atoms. The molecule has 1 aromatic heterocycles. The summed E-state index contributed by atoms with van der Waals surface area (Å²) in [6.07, 6.45) is 0. The Labute approximate surface area is 99.4 Å². The first kappa shape index (κ1) is 11.0. The van der Waals surface area contributed by atoms with Gasteiger partial charge in [0.1, 0.15) is 5.69 Å². The van der Waals surface area contributed by atoms with Crippen molar-refractivity contribution < 1.29 is 9.90 Å². The van der Waals surface area contributed by atoms with Gasteiger partial charge in [-0.3, -0.25) is 4.79 Å². The fraction of sp³-hybridized carbons (Fsp3) is 0. The molecule has 2 N–H and O–H groups in total. The predicted molar refractivity (Wildman–Crippen MR) is 61.5 cm³/mol. The van der Waals surface area contributed by atoms with Crippen LogP contribution in [0.15, 0.2) is 23.0 Å². The molecule has 0 unspecified atom stereocenters. The summed E-state index contributed by atoms with van der Waals surface area (Å²) in [5.41, 5.74) is -0.398. The molecule has 2 aromatic rings. The first-order valence-electron chi connectivity index (χ1n) is 4.25. The average molecular weight is 258 g/mol. The molecule has 0 aliphatic carbocycles. The van der Waals surface area contributed by atoms with E-state index in [1.165, 1.54) is 12.1 Å². The summed E-state index contributed by atoms with van der Waals surface area (Å²) >= 11 is 11.7. The number of carboxylic acid groups (broad SMARTS) is 1. The fourth-order valence-corrected chi connectivity index (χ4v) is 1.74. The van der Waals surface area contributed by atoms with Gasteiger partial charge >= 0.3 is 5.97 Å². The van der Waals surface area contributed by atoms with Crippen LogP contribution in [0.25, 0.3) is 10.9 Å². The van der Waals surface area contributed by atoms with E-state index in [0.717, 1.165) is 6.07 Å². The lowest BCUT2D eigenvalue weighted by atomic mass is 10.2. The zero-order chi connectivity index (χ0) is 11.9. The van der Waals surface area contributed by atoms with E-state index in [1.54, 1.807) is 0 Å². The summed E-state index contributed by atoms with van der Waals surface area (Å²) in [6, 6.07) is 3.99. The van der Waals surface area contributed by atoms with Crippen molar-refractivity contribution in [2.45, 2.75) is 0 Å². The number of nitrogens with one attached hydrogen (secondary N) is 1. The SMILES string of the molecule is O=C(O)c1cc(=O)c2ccc(Cl)c(Cl)c2[nH]1. The third-order valence-electron chi connectivity index (χ3n) is 2.13. The average Bonchev–Trinajstić information content (AvgIpc) is 2.23. The van der Waals surface area contributed by atoms with Crippen molar-refractivity contribution in [3.05, 3.63) is 44.2 Å². The van der Waals surface area contributed by atoms with Crippen molar-refractivity contribution in [3.8, 4) is 0 Å². The Kier molecular flexibility index (Phi) is 2.61. The number of benzene rings is 1. The molecule has 0 spiro atoms. The van der Waals surface area contributed by atoms with E-state index in [1.807, 2.05) is 0 Å². The number of aromatic carboxylic acids is 1. The molecule has 0 aliphatic rings. The standard InChI is InChI=1S/C10H5Cl2NO3/c11-5-2-1-4-7(14)3-6(10(15)16)13-9(4)8(5)12/h1-3H,(H,13,14)(H,15,16). The monoisotopic (exact) mass is 257 g/mol. The maximum absolute atomic E-state index is 11.6. The molecular weight excluding hydrogens is 253 g/mol. The molecule has 0 aliphatic heterocycles. The molecule has 4 nitrogen and oxygen atoms in total. The lowest BCUT2D eigenvalue weighted by molar-refractivity contribution is 0.0691. The predicted octanol–water partition coefficient (Wildman–Crippen LogP) is 2.53. The molecule has 1 aromatic carbocycles. The van der Waals surface area contributed by atoms with Gasteiger partial charge in [0.25, 0.3) is 0 Å². The Balaban J connectivity index is 2.94. The van der Waals surface area contributed by atoms with Crippen molar-refractivity contribution in [2.75, 3.05) is 0 Å². The number of carbonyl (C=O) groups is 1. The van der Waals surface area contributed by atoms with E-state index in [2.05, 4.69) is 4.98 Å². The minimum Gasteiger partial charge on any atom is -0.477 e. The van der Waals surface area contributed by atoms with Gasteiger partial charge in [-0.1, -0.05) is 23.2 Å². The van der Waals surface area contributed by atoms with Crippen molar-refractivity contribution >= 4 is 40.1 Å². The molecular formula is C10H5Cl2NO3. The Morgan fingerprint density at radius 2 is 2.00 bits per heavy atom. The van der Waals surface area contributed by atoms with Gasteiger partial charge in [0.05, 0.1) is 15.6 Å². The number of carboxylic acids is 1. The number of hydrogen-bond donors (Lipinski definition) is 2. The minimum atomic E-state index is -1.23. The van der Waals surface area contributed by atoms with Gasteiger partial charge in [0.15, 0.2) is 5.43 Å².